The van der Waals surface area contributed by atoms with Gasteiger partial charge in [0.25, 0.3) is 0 Å². The van der Waals surface area contributed by atoms with Gasteiger partial charge in [-0.2, -0.15) is 0 Å². The summed E-state index contributed by atoms with van der Waals surface area (Å²) in [6.45, 7) is 7.01. The fourth-order valence-electron chi connectivity index (χ4n) is 2.76. The molecule has 1 aliphatic rings. The Morgan fingerprint density at radius 1 is 1.41 bits per heavy atom. The quantitative estimate of drug-likeness (QED) is 0.861. The SMILES string of the molecule is CCOC1CC(N)(C(=O)NCc2ccc(Cl)cc2)C1(C)C.Cl. The number of rotatable bonds is 5. The summed E-state index contributed by atoms with van der Waals surface area (Å²) in [5.41, 5.74) is 6.07. The van der Waals surface area contributed by atoms with E-state index in [0.717, 1.165) is 5.56 Å². The molecule has 4 nitrogen and oxygen atoms in total. The predicted octanol–water partition coefficient (Wildman–Crippen LogP) is 2.91. The first-order valence-electron chi connectivity index (χ1n) is 7.24. The molecule has 22 heavy (non-hydrogen) atoms. The predicted molar refractivity (Wildman–Crippen MR) is 91.3 cm³/mol. The maximum absolute atomic E-state index is 12.4. The van der Waals surface area contributed by atoms with Gasteiger partial charge in [0, 0.05) is 30.0 Å². The largest absolute Gasteiger partial charge is 0.378 e. The minimum Gasteiger partial charge on any atom is -0.378 e. The van der Waals surface area contributed by atoms with Gasteiger partial charge in [0.05, 0.1) is 6.10 Å². The lowest BCUT2D eigenvalue weighted by atomic mass is 9.54. The second-order valence-electron chi connectivity index (χ2n) is 6.15. The Balaban J connectivity index is 0.00000242. The van der Waals surface area contributed by atoms with Crippen LogP contribution in [-0.4, -0.2) is 24.2 Å². The average molecular weight is 347 g/mol. The van der Waals surface area contributed by atoms with Crippen LogP contribution in [0.15, 0.2) is 24.3 Å². The smallest absolute Gasteiger partial charge is 0.241 e. The van der Waals surface area contributed by atoms with Crippen LogP contribution < -0.4 is 11.1 Å². The molecule has 2 atom stereocenters. The number of halogens is 2. The third-order valence-corrected chi connectivity index (χ3v) is 4.85. The summed E-state index contributed by atoms with van der Waals surface area (Å²) in [7, 11) is 0. The number of hydrogen-bond acceptors (Lipinski definition) is 3. The van der Waals surface area contributed by atoms with E-state index < -0.39 is 5.54 Å². The standard InChI is InChI=1S/C16H23ClN2O2.ClH/c1-4-21-13-9-16(18,15(13,2)3)14(20)19-10-11-5-7-12(17)8-6-11;/h5-8,13H,4,9-10,18H2,1-3H3,(H,19,20);1H. The molecule has 0 saturated heterocycles. The summed E-state index contributed by atoms with van der Waals surface area (Å²) in [6.07, 6.45) is 0.592. The van der Waals surface area contributed by atoms with Crippen molar-refractivity contribution in [1.82, 2.24) is 5.32 Å². The van der Waals surface area contributed by atoms with Crippen molar-refractivity contribution in [2.75, 3.05) is 6.61 Å². The molecule has 0 aliphatic heterocycles. The lowest BCUT2D eigenvalue weighted by molar-refractivity contribution is -0.170. The van der Waals surface area contributed by atoms with Gasteiger partial charge in [0.2, 0.25) is 5.91 Å². The van der Waals surface area contributed by atoms with Crippen LogP contribution in [0.25, 0.3) is 0 Å². The molecule has 2 rings (SSSR count). The molecule has 0 radical (unpaired) electrons. The summed E-state index contributed by atoms with van der Waals surface area (Å²) in [4.78, 5) is 12.4. The van der Waals surface area contributed by atoms with E-state index in [1.165, 1.54) is 0 Å². The average Bonchev–Trinajstić information content (AvgIpc) is 2.45. The van der Waals surface area contributed by atoms with Crippen molar-refractivity contribution in [2.45, 2.75) is 45.4 Å². The number of carbonyl (C=O) groups is 1. The molecular formula is C16H24Cl2N2O2. The van der Waals surface area contributed by atoms with E-state index in [1.54, 1.807) is 12.1 Å². The Hall–Kier alpha value is -0.810. The Labute approximate surface area is 143 Å². The second kappa shape index (κ2) is 7.18. The van der Waals surface area contributed by atoms with Crippen molar-refractivity contribution in [3.8, 4) is 0 Å². The van der Waals surface area contributed by atoms with Gasteiger partial charge in [0.15, 0.2) is 0 Å². The van der Waals surface area contributed by atoms with Gasteiger partial charge in [-0.1, -0.05) is 37.6 Å². The van der Waals surface area contributed by atoms with Gasteiger partial charge in [-0.25, -0.2) is 0 Å². The summed E-state index contributed by atoms with van der Waals surface area (Å²) < 4.78 is 5.64. The van der Waals surface area contributed by atoms with Gasteiger partial charge in [0.1, 0.15) is 5.54 Å². The zero-order chi connectivity index (χ0) is 15.7. The molecule has 1 aromatic rings. The maximum atomic E-state index is 12.4. The minimum absolute atomic E-state index is 0. The normalized spacial score (nSPS) is 25.8. The molecule has 0 spiro atoms. The first-order chi connectivity index (χ1) is 9.81. The molecule has 0 bridgehead atoms. The number of amides is 1. The number of carbonyl (C=O) groups excluding carboxylic acids is 1. The number of hydrogen-bond donors (Lipinski definition) is 2. The molecule has 2 unspecified atom stereocenters. The fraction of sp³-hybridized carbons (Fsp3) is 0.562. The van der Waals surface area contributed by atoms with Crippen LogP contribution in [0.5, 0.6) is 0 Å². The number of benzene rings is 1. The van der Waals surface area contributed by atoms with Crippen LogP contribution in [-0.2, 0) is 16.1 Å². The van der Waals surface area contributed by atoms with E-state index in [2.05, 4.69) is 5.32 Å². The van der Waals surface area contributed by atoms with Crippen LogP contribution in [0.1, 0.15) is 32.8 Å². The van der Waals surface area contributed by atoms with Gasteiger partial charge < -0.3 is 15.8 Å². The van der Waals surface area contributed by atoms with Gasteiger partial charge in [-0.3, -0.25) is 4.79 Å². The first kappa shape index (κ1) is 19.2. The third-order valence-electron chi connectivity index (χ3n) is 4.60. The van der Waals surface area contributed by atoms with Gasteiger partial charge >= 0.3 is 0 Å². The van der Waals surface area contributed by atoms with Crippen molar-refractivity contribution < 1.29 is 9.53 Å². The van der Waals surface area contributed by atoms with E-state index in [-0.39, 0.29) is 29.8 Å². The molecule has 1 fully saturated rings. The first-order valence-corrected chi connectivity index (χ1v) is 7.62. The van der Waals surface area contributed by atoms with Crippen molar-refractivity contribution in [1.29, 1.82) is 0 Å². The lowest BCUT2D eigenvalue weighted by Crippen LogP contribution is -2.75. The Kier molecular flexibility index (Phi) is 6.27. The van der Waals surface area contributed by atoms with E-state index in [1.807, 2.05) is 32.9 Å². The molecule has 3 N–H and O–H groups in total. The molecule has 0 heterocycles. The monoisotopic (exact) mass is 346 g/mol. The molecule has 0 aromatic heterocycles. The minimum atomic E-state index is -0.876. The van der Waals surface area contributed by atoms with Crippen LogP contribution in [0.2, 0.25) is 5.02 Å². The second-order valence-corrected chi connectivity index (χ2v) is 6.59. The van der Waals surface area contributed by atoms with Crippen molar-refractivity contribution >= 4 is 29.9 Å². The molecule has 1 saturated carbocycles. The summed E-state index contributed by atoms with van der Waals surface area (Å²) in [5, 5.41) is 3.60. The van der Waals surface area contributed by atoms with Gasteiger partial charge in [-0.05, 0) is 24.6 Å². The Morgan fingerprint density at radius 2 is 2.00 bits per heavy atom. The Morgan fingerprint density at radius 3 is 2.50 bits per heavy atom. The molecule has 124 valence electrons. The molecule has 1 aromatic carbocycles. The zero-order valence-corrected chi connectivity index (χ0v) is 14.8. The highest BCUT2D eigenvalue weighted by molar-refractivity contribution is 6.30. The van der Waals surface area contributed by atoms with E-state index in [4.69, 9.17) is 22.1 Å². The maximum Gasteiger partial charge on any atom is 0.241 e. The lowest BCUT2D eigenvalue weighted by Gasteiger charge is -2.57. The van der Waals surface area contributed by atoms with E-state index in [9.17, 15) is 4.79 Å². The highest BCUT2D eigenvalue weighted by Crippen LogP contribution is 2.49. The van der Waals surface area contributed by atoms with Crippen molar-refractivity contribution in [3.63, 3.8) is 0 Å². The topological polar surface area (TPSA) is 64.3 Å². The number of nitrogens with one attached hydrogen (secondary N) is 1. The molecule has 1 aliphatic carbocycles. The third kappa shape index (κ3) is 3.40. The van der Waals surface area contributed by atoms with Crippen molar-refractivity contribution in [3.05, 3.63) is 34.9 Å². The van der Waals surface area contributed by atoms with Crippen LogP contribution in [0.3, 0.4) is 0 Å². The molecule has 1 amide bonds. The van der Waals surface area contributed by atoms with Crippen LogP contribution in [0.4, 0.5) is 0 Å². The highest BCUT2D eigenvalue weighted by atomic mass is 35.5. The summed E-state index contributed by atoms with van der Waals surface area (Å²) in [5.74, 6) is -0.126. The zero-order valence-electron chi connectivity index (χ0n) is 13.2. The Bertz CT molecular complexity index is 519. The van der Waals surface area contributed by atoms with Gasteiger partial charge in [-0.15, -0.1) is 12.4 Å². The number of nitrogens with two attached hydrogens (primary N) is 1. The van der Waals surface area contributed by atoms with Crippen molar-refractivity contribution in [2.24, 2.45) is 11.1 Å². The fourth-order valence-corrected chi connectivity index (χ4v) is 2.89. The molecule has 6 heteroatoms. The van der Waals surface area contributed by atoms with E-state index >= 15 is 0 Å². The van der Waals surface area contributed by atoms with E-state index in [0.29, 0.717) is 24.6 Å². The van der Waals surface area contributed by atoms with Crippen LogP contribution >= 0.6 is 24.0 Å². The summed E-state index contributed by atoms with van der Waals surface area (Å²) in [6, 6.07) is 7.39. The summed E-state index contributed by atoms with van der Waals surface area (Å²) >= 11 is 5.84. The highest BCUT2D eigenvalue weighted by Gasteiger charge is 2.62. The molecular weight excluding hydrogens is 323 g/mol. The number of ether oxygens (including phenoxy) is 1. The van der Waals surface area contributed by atoms with Crippen LogP contribution in [0, 0.1) is 5.41 Å².